The summed E-state index contributed by atoms with van der Waals surface area (Å²) in [5, 5.41) is 24.8. The van der Waals surface area contributed by atoms with Crippen molar-refractivity contribution in [3.8, 4) is 11.5 Å². The summed E-state index contributed by atoms with van der Waals surface area (Å²) >= 11 is 0. The number of nitrogens with one attached hydrogen (secondary N) is 1. The lowest BCUT2D eigenvalue weighted by Crippen LogP contribution is -2.74. The summed E-state index contributed by atoms with van der Waals surface area (Å²) in [6.45, 7) is 1.88. The molecule has 0 spiro atoms. The van der Waals surface area contributed by atoms with Crippen LogP contribution in [0.25, 0.3) is 0 Å². The first-order chi connectivity index (χ1) is 19.3. The Morgan fingerprint density at radius 2 is 1.71 bits per heavy atom. The molecular weight excluding hydrogens is 534 g/mol. The van der Waals surface area contributed by atoms with Crippen molar-refractivity contribution in [1.82, 2.24) is 4.90 Å². The number of ether oxygens (including phenoxy) is 1. The zero-order chi connectivity index (χ0) is 30.0. The van der Waals surface area contributed by atoms with E-state index in [1.54, 1.807) is 24.3 Å². The standard InChI is InChI=1S/C29H29N3O9/c1-12-4-6-14(7-5-12)41-28(39)31-17-8-9-18(33)20-15(17)10-13-11-16-22(32(2)3)24(35)21(27(30)38)26(37)29(16,40)25(36)19(13)23(20)34/h4-9,13,16,19,21-22,33,40H,10-11H2,1-3H3,(H2,30,38)(H,31,39)/t13-,16-,19?,21?,22-,29-/m1/s1. The van der Waals surface area contributed by atoms with Crippen molar-refractivity contribution in [3.63, 3.8) is 0 Å². The second-order valence-corrected chi connectivity index (χ2v) is 11.1. The number of Topliss-reactive ketones (excluding diaryl/α,β-unsaturated/α-hetero) is 4. The molecule has 2 aromatic rings. The number of hydrogen-bond acceptors (Lipinski definition) is 10. The lowest BCUT2D eigenvalue weighted by Gasteiger charge is -2.52. The zero-order valence-corrected chi connectivity index (χ0v) is 22.5. The number of aromatic hydroxyl groups is 1. The molecule has 3 aliphatic carbocycles. The molecule has 6 atom stereocenters. The molecule has 41 heavy (non-hydrogen) atoms. The average molecular weight is 564 g/mol. The molecule has 0 aromatic heterocycles. The summed E-state index contributed by atoms with van der Waals surface area (Å²) in [4.78, 5) is 80.3. The number of phenolic OH excluding ortho intramolecular Hbond substituents is 1. The van der Waals surface area contributed by atoms with Gasteiger partial charge in [-0.25, -0.2) is 4.79 Å². The largest absolute Gasteiger partial charge is 0.507 e. The second-order valence-electron chi connectivity index (χ2n) is 11.1. The van der Waals surface area contributed by atoms with Gasteiger partial charge < -0.3 is 20.7 Å². The smallest absolute Gasteiger partial charge is 0.417 e. The van der Waals surface area contributed by atoms with E-state index in [1.165, 1.54) is 31.1 Å². The monoisotopic (exact) mass is 563 g/mol. The Bertz CT molecular complexity index is 1520. The topological polar surface area (TPSA) is 193 Å². The Morgan fingerprint density at radius 1 is 1.05 bits per heavy atom. The van der Waals surface area contributed by atoms with Crippen molar-refractivity contribution >= 4 is 40.8 Å². The van der Waals surface area contributed by atoms with E-state index in [-0.39, 0.29) is 35.4 Å². The highest BCUT2D eigenvalue weighted by atomic mass is 16.6. The predicted octanol–water partition coefficient (Wildman–Crippen LogP) is 0.786. The quantitative estimate of drug-likeness (QED) is 0.305. The SMILES string of the molecule is Cc1ccc(OC(=O)Nc2ccc(O)c3c2C[C@@H]2C[C@@H]4[C@@H](N(C)C)C(=O)C(C(N)=O)C(=O)[C@]4(O)C(=O)C2C3=O)cc1. The third-order valence-corrected chi connectivity index (χ3v) is 8.41. The van der Waals surface area contributed by atoms with Crippen molar-refractivity contribution < 1.29 is 43.7 Å². The summed E-state index contributed by atoms with van der Waals surface area (Å²) in [6, 6.07) is 8.12. The average Bonchev–Trinajstić information content (AvgIpc) is 2.89. The Morgan fingerprint density at radius 3 is 2.32 bits per heavy atom. The maximum atomic E-state index is 13.8. The number of amides is 2. The van der Waals surface area contributed by atoms with E-state index >= 15 is 0 Å². The molecule has 5 rings (SSSR count). The van der Waals surface area contributed by atoms with E-state index in [4.69, 9.17) is 10.5 Å². The molecule has 12 heteroatoms. The van der Waals surface area contributed by atoms with Crippen molar-refractivity contribution in [2.45, 2.75) is 31.4 Å². The molecule has 5 N–H and O–H groups in total. The van der Waals surface area contributed by atoms with E-state index < -0.39 is 76.2 Å². The van der Waals surface area contributed by atoms with Gasteiger partial charge in [0.1, 0.15) is 11.5 Å². The van der Waals surface area contributed by atoms with Gasteiger partial charge >= 0.3 is 6.09 Å². The van der Waals surface area contributed by atoms with Gasteiger partial charge in [0.05, 0.1) is 17.5 Å². The van der Waals surface area contributed by atoms with Crippen molar-refractivity contribution in [2.75, 3.05) is 19.4 Å². The Balaban J connectivity index is 1.52. The summed E-state index contributed by atoms with van der Waals surface area (Å²) in [5.41, 5.74) is 3.68. The fourth-order valence-corrected chi connectivity index (χ4v) is 6.57. The summed E-state index contributed by atoms with van der Waals surface area (Å²) in [6.07, 6.45) is -0.952. The molecule has 2 fully saturated rings. The molecule has 3 aliphatic rings. The number of benzene rings is 2. The number of primary amides is 1. The van der Waals surface area contributed by atoms with Gasteiger partial charge in [0, 0.05) is 11.6 Å². The third-order valence-electron chi connectivity index (χ3n) is 8.41. The van der Waals surface area contributed by atoms with Crippen LogP contribution in [-0.2, 0) is 25.6 Å². The highest BCUT2D eigenvalue weighted by Gasteiger charge is 2.69. The summed E-state index contributed by atoms with van der Waals surface area (Å²) < 4.78 is 5.32. The molecule has 2 unspecified atom stereocenters. The molecule has 0 bridgehead atoms. The van der Waals surface area contributed by atoms with Crippen LogP contribution >= 0.6 is 0 Å². The molecule has 2 amide bonds. The van der Waals surface area contributed by atoms with Crippen LogP contribution in [0.5, 0.6) is 11.5 Å². The van der Waals surface area contributed by atoms with Crippen LogP contribution in [0.2, 0.25) is 0 Å². The van der Waals surface area contributed by atoms with E-state index in [1.807, 2.05) is 6.92 Å². The number of carbonyl (C=O) groups is 6. The van der Waals surface area contributed by atoms with Crippen LogP contribution in [0.3, 0.4) is 0 Å². The van der Waals surface area contributed by atoms with E-state index in [0.717, 1.165) is 5.56 Å². The number of fused-ring (bicyclic) bond motifs is 3. The number of nitrogens with zero attached hydrogens (tertiary/aromatic N) is 1. The molecule has 12 nitrogen and oxygen atoms in total. The molecule has 214 valence electrons. The van der Waals surface area contributed by atoms with Gasteiger partial charge in [-0.3, -0.25) is 34.2 Å². The van der Waals surface area contributed by atoms with Gasteiger partial charge in [-0.2, -0.15) is 0 Å². The maximum Gasteiger partial charge on any atom is 0.417 e. The van der Waals surface area contributed by atoms with Crippen LogP contribution in [0.1, 0.15) is 27.9 Å². The highest BCUT2D eigenvalue weighted by molar-refractivity contribution is 6.32. The number of carbonyl (C=O) groups excluding carboxylic acids is 6. The minimum absolute atomic E-state index is 0.000380. The first-order valence-corrected chi connectivity index (χ1v) is 13.0. The lowest BCUT2D eigenvalue weighted by molar-refractivity contribution is -0.181. The number of phenols is 1. The van der Waals surface area contributed by atoms with Crippen LogP contribution in [-0.4, -0.2) is 76.0 Å². The lowest BCUT2D eigenvalue weighted by atomic mass is 9.52. The van der Waals surface area contributed by atoms with E-state index in [2.05, 4.69) is 5.32 Å². The van der Waals surface area contributed by atoms with E-state index in [9.17, 15) is 39.0 Å². The van der Waals surface area contributed by atoms with E-state index in [0.29, 0.717) is 0 Å². The maximum absolute atomic E-state index is 13.8. The van der Waals surface area contributed by atoms with Gasteiger partial charge in [0.15, 0.2) is 34.7 Å². The molecule has 2 aromatic carbocycles. The number of aliphatic hydroxyl groups is 1. The first kappa shape index (κ1) is 28.1. The fraction of sp³-hybridized carbons (Fsp3) is 0.379. The molecule has 0 heterocycles. The number of anilines is 1. The number of ketones is 4. The Labute approximate surface area is 234 Å². The van der Waals surface area contributed by atoms with Crippen molar-refractivity contribution in [3.05, 3.63) is 53.1 Å². The van der Waals surface area contributed by atoms with Crippen LogP contribution in [0.15, 0.2) is 36.4 Å². The van der Waals surface area contributed by atoms with Crippen LogP contribution in [0.4, 0.5) is 10.5 Å². The third kappa shape index (κ3) is 4.30. The van der Waals surface area contributed by atoms with Crippen molar-refractivity contribution in [2.24, 2.45) is 29.4 Å². The minimum atomic E-state index is -2.81. The zero-order valence-electron chi connectivity index (χ0n) is 22.5. The predicted molar refractivity (Wildman–Crippen MR) is 142 cm³/mol. The molecule has 0 aliphatic heterocycles. The number of rotatable bonds is 4. The van der Waals surface area contributed by atoms with Gasteiger partial charge in [0.25, 0.3) is 0 Å². The normalized spacial score (nSPS) is 29.0. The minimum Gasteiger partial charge on any atom is -0.507 e. The first-order valence-electron chi connectivity index (χ1n) is 13.0. The Kier molecular flexibility index (Phi) is 6.79. The van der Waals surface area contributed by atoms with Gasteiger partial charge in [-0.15, -0.1) is 0 Å². The Hall–Kier alpha value is -4.42. The summed E-state index contributed by atoms with van der Waals surface area (Å²) in [7, 11) is 3.02. The number of nitrogens with two attached hydrogens (primary N) is 1. The molecule has 2 saturated carbocycles. The van der Waals surface area contributed by atoms with Crippen molar-refractivity contribution in [1.29, 1.82) is 0 Å². The molecule has 0 saturated heterocycles. The van der Waals surface area contributed by atoms with Gasteiger partial charge in [-0.05, 0) is 69.6 Å². The molecular formula is C29H29N3O9. The van der Waals surface area contributed by atoms with Gasteiger partial charge in [-0.1, -0.05) is 17.7 Å². The molecule has 0 radical (unpaired) electrons. The van der Waals surface area contributed by atoms with Crippen LogP contribution in [0, 0.1) is 30.6 Å². The highest BCUT2D eigenvalue weighted by Crippen LogP contribution is 2.51. The fourth-order valence-electron chi connectivity index (χ4n) is 6.57. The van der Waals surface area contributed by atoms with Gasteiger partial charge in [0.2, 0.25) is 5.91 Å². The second kappa shape index (κ2) is 9.89. The number of hydrogen-bond donors (Lipinski definition) is 4. The summed E-state index contributed by atoms with van der Waals surface area (Å²) in [5.74, 6) is -11.2. The number of likely N-dealkylation sites (N-methyl/N-ethyl adjacent to an activating group) is 1. The number of aryl methyl sites for hydroxylation is 1. The van der Waals surface area contributed by atoms with Crippen LogP contribution < -0.4 is 15.8 Å².